The number of alkyl carbamates (subject to hydrolysis) is 1. The van der Waals surface area contributed by atoms with Crippen molar-refractivity contribution in [2.45, 2.75) is 123 Å². The minimum Gasteiger partial charge on any atom is -0.460 e. The van der Waals surface area contributed by atoms with Gasteiger partial charge in [-0.2, -0.15) is 0 Å². The van der Waals surface area contributed by atoms with Gasteiger partial charge in [0.15, 0.2) is 8.32 Å². The molecule has 2 aromatic rings. The van der Waals surface area contributed by atoms with Crippen molar-refractivity contribution in [3.63, 3.8) is 0 Å². The van der Waals surface area contributed by atoms with Crippen LogP contribution in [-0.2, 0) is 34.6 Å². The van der Waals surface area contributed by atoms with Gasteiger partial charge in [0.05, 0.1) is 11.6 Å². The van der Waals surface area contributed by atoms with Crippen molar-refractivity contribution in [2.75, 3.05) is 19.7 Å². The van der Waals surface area contributed by atoms with Crippen LogP contribution < -0.4 is 16.0 Å². The standard InChI is InChI=1S/C36H58N4O8Si/c1-14-21-45-31(42)27(22-25-23-40(33(44)47-35(6,7)8)28-18-16-15-17-26(25)28)37-19-20-38-30(41)29(39-32(43)46-34(3,4)5)24(2)48-49(12,13)36(9,10)11/h14-18,23-24,27,29,37H,1,19-22H2,2-13H3,(H,38,41)(H,39,43)/t24-,27+,29+/m1/s1. The number of benzene rings is 1. The number of ether oxygens (including phenoxy) is 3. The third kappa shape index (κ3) is 12.9. The average Bonchev–Trinajstić information content (AvgIpc) is 3.32. The molecule has 0 saturated heterocycles. The van der Waals surface area contributed by atoms with E-state index in [-0.39, 0.29) is 31.2 Å². The molecule has 0 radical (unpaired) electrons. The summed E-state index contributed by atoms with van der Waals surface area (Å²) in [5.41, 5.74) is -0.0686. The summed E-state index contributed by atoms with van der Waals surface area (Å²) in [6, 6.07) is 5.53. The summed E-state index contributed by atoms with van der Waals surface area (Å²) < 4.78 is 24.3. The fourth-order valence-electron chi connectivity index (χ4n) is 4.66. The van der Waals surface area contributed by atoms with E-state index in [4.69, 9.17) is 18.6 Å². The van der Waals surface area contributed by atoms with Gasteiger partial charge in [0, 0.05) is 31.1 Å². The molecule has 13 heteroatoms. The van der Waals surface area contributed by atoms with E-state index in [1.807, 2.05) is 24.3 Å². The number of para-hydroxylation sites is 1. The van der Waals surface area contributed by atoms with Gasteiger partial charge in [0.2, 0.25) is 5.91 Å². The zero-order chi connectivity index (χ0) is 37.4. The first-order valence-corrected chi connectivity index (χ1v) is 19.6. The number of hydrogen-bond donors (Lipinski definition) is 3. The van der Waals surface area contributed by atoms with Crippen molar-refractivity contribution in [3.05, 3.63) is 48.7 Å². The summed E-state index contributed by atoms with van der Waals surface area (Å²) in [6.45, 7) is 26.8. The van der Waals surface area contributed by atoms with Crippen molar-refractivity contribution < 1.29 is 37.8 Å². The van der Waals surface area contributed by atoms with Crippen molar-refractivity contribution in [1.29, 1.82) is 0 Å². The molecule has 3 N–H and O–H groups in total. The summed E-state index contributed by atoms with van der Waals surface area (Å²) in [4.78, 5) is 52.4. The van der Waals surface area contributed by atoms with Crippen LogP contribution in [0.4, 0.5) is 9.59 Å². The van der Waals surface area contributed by atoms with E-state index >= 15 is 0 Å². The van der Waals surface area contributed by atoms with Crippen LogP contribution in [0.1, 0.15) is 74.8 Å². The topological polar surface area (TPSA) is 146 Å². The van der Waals surface area contributed by atoms with Gasteiger partial charge in [0.1, 0.15) is 29.9 Å². The number of amides is 2. The van der Waals surface area contributed by atoms with E-state index < -0.39 is 61.8 Å². The predicted octanol–water partition coefficient (Wildman–Crippen LogP) is 6.07. The van der Waals surface area contributed by atoms with Crippen LogP contribution in [0.2, 0.25) is 18.1 Å². The number of rotatable bonds is 14. The highest BCUT2D eigenvalue weighted by Gasteiger charge is 2.41. The van der Waals surface area contributed by atoms with Crippen LogP contribution in [0.3, 0.4) is 0 Å². The third-order valence-corrected chi connectivity index (χ3v) is 12.5. The molecule has 1 heterocycles. The quantitative estimate of drug-likeness (QED) is 0.0702. The molecule has 1 aromatic heterocycles. The summed E-state index contributed by atoms with van der Waals surface area (Å²) in [5, 5.41) is 9.41. The van der Waals surface area contributed by atoms with Gasteiger partial charge in [-0.15, -0.1) is 0 Å². The first-order valence-electron chi connectivity index (χ1n) is 16.7. The Kier molecular flexibility index (Phi) is 14.2. The second-order valence-corrected chi connectivity index (χ2v) is 20.4. The monoisotopic (exact) mass is 702 g/mol. The Balaban J connectivity index is 2.24. The van der Waals surface area contributed by atoms with E-state index in [0.29, 0.717) is 5.52 Å². The molecule has 0 fully saturated rings. The van der Waals surface area contributed by atoms with Crippen LogP contribution in [-0.4, -0.2) is 86.0 Å². The van der Waals surface area contributed by atoms with E-state index in [1.165, 1.54) is 10.6 Å². The Morgan fingerprint density at radius 3 is 2.12 bits per heavy atom. The third-order valence-electron chi connectivity index (χ3n) is 7.96. The number of nitrogens with one attached hydrogen (secondary N) is 3. The largest absolute Gasteiger partial charge is 0.460 e. The van der Waals surface area contributed by atoms with Gasteiger partial charge >= 0.3 is 18.2 Å². The van der Waals surface area contributed by atoms with E-state index in [2.05, 4.69) is 56.4 Å². The first kappa shape index (κ1) is 41.5. The molecule has 2 rings (SSSR count). The molecule has 0 saturated carbocycles. The second-order valence-electron chi connectivity index (χ2n) is 15.6. The molecule has 3 atom stereocenters. The highest BCUT2D eigenvalue weighted by Crippen LogP contribution is 2.37. The Labute approximate surface area is 292 Å². The molecule has 1 aromatic carbocycles. The summed E-state index contributed by atoms with van der Waals surface area (Å²) in [5.74, 6) is -0.966. The number of carbonyl (C=O) groups excluding carboxylic acids is 4. The highest BCUT2D eigenvalue weighted by atomic mass is 28.4. The fraction of sp³-hybridized carbons (Fsp3) is 0.611. The van der Waals surface area contributed by atoms with Gasteiger partial charge in [-0.25, -0.2) is 9.59 Å². The average molecular weight is 703 g/mol. The molecule has 274 valence electrons. The fourth-order valence-corrected chi connectivity index (χ4v) is 6.08. The number of carbonyl (C=O) groups is 4. The van der Waals surface area contributed by atoms with Gasteiger partial charge < -0.3 is 34.6 Å². The molecule has 2 amide bonds. The Morgan fingerprint density at radius 1 is 0.939 bits per heavy atom. The smallest absolute Gasteiger partial charge is 0.419 e. The highest BCUT2D eigenvalue weighted by molar-refractivity contribution is 6.74. The number of hydrogen-bond acceptors (Lipinski definition) is 9. The summed E-state index contributed by atoms with van der Waals surface area (Å²) in [6.07, 6.45) is 1.44. The molecule has 0 spiro atoms. The maximum atomic E-state index is 13.5. The number of esters is 1. The van der Waals surface area contributed by atoms with Crippen LogP contribution >= 0.6 is 0 Å². The molecule has 0 unspecified atom stereocenters. The van der Waals surface area contributed by atoms with Crippen molar-refractivity contribution in [2.24, 2.45) is 0 Å². The molecule has 12 nitrogen and oxygen atoms in total. The number of nitrogens with zero attached hydrogens (tertiary/aromatic N) is 1. The van der Waals surface area contributed by atoms with Crippen molar-refractivity contribution in [3.8, 4) is 0 Å². The molecule has 0 bridgehead atoms. The SMILES string of the molecule is C=CCOC(=O)[C@H](Cc1cn(C(=O)OC(C)(C)C)c2ccccc12)NCCNC(=O)[C@@H](NC(=O)OC(C)(C)C)[C@@H](C)O[Si](C)(C)C(C)(C)C. The molecular weight excluding hydrogens is 645 g/mol. The molecule has 0 aliphatic heterocycles. The lowest BCUT2D eigenvalue weighted by atomic mass is 10.0. The van der Waals surface area contributed by atoms with Crippen LogP contribution in [0.15, 0.2) is 43.1 Å². The van der Waals surface area contributed by atoms with Crippen molar-refractivity contribution in [1.82, 2.24) is 20.5 Å². The summed E-state index contributed by atoms with van der Waals surface area (Å²) in [7, 11) is -2.30. The van der Waals surface area contributed by atoms with E-state index in [9.17, 15) is 19.2 Å². The normalized spacial score (nSPS) is 14.4. The van der Waals surface area contributed by atoms with Gasteiger partial charge in [0.25, 0.3) is 0 Å². The maximum Gasteiger partial charge on any atom is 0.419 e. The van der Waals surface area contributed by atoms with Gasteiger partial charge in [-0.3, -0.25) is 14.2 Å². The molecule has 0 aliphatic rings. The second kappa shape index (κ2) is 16.8. The zero-order valence-corrected chi connectivity index (χ0v) is 32.4. The van der Waals surface area contributed by atoms with E-state index in [1.54, 1.807) is 54.7 Å². The van der Waals surface area contributed by atoms with Crippen LogP contribution in [0.5, 0.6) is 0 Å². The van der Waals surface area contributed by atoms with Crippen LogP contribution in [0, 0.1) is 0 Å². The predicted molar refractivity (Wildman–Crippen MR) is 194 cm³/mol. The van der Waals surface area contributed by atoms with Crippen molar-refractivity contribution >= 4 is 43.3 Å². The lowest BCUT2D eigenvalue weighted by Gasteiger charge is -2.40. The number of aromatic nitrogens is 1. The van der Waals surface area contributed by atoms with Gasteiger partial charge in [-0.1, -0.05) is 51.6 Å². The lowest BCUT2D eigenvalue weighted by Crippen LogP contribution is -2.57. The first-order chi connectivity index (χ1) is 22.5. The molecule has 0 aliphatic carbocycles. The van der Waals surface area contributed by atoms with Gasteiger partial charge in [-0.05, 0) is 78.2 Å². The van der Waals surface area contributed by atoms with E-state index in [0.717, 1.165) is 10.9 Å². The molecule has 49 heavy (non-hydrogen) atoms. The Morgan fingerprint density at radius 2 is 1.55 bits per heavy atom. The Hall–Kier alpha value is -3.68. The Bertz CT molecular complexity index is 1470. The molecular formula is C36H58N4O8Si. The minimum atomic E-state index is -2.30. The van der Waals surface area contributed by atoms with Crippen LogP contribution in [0.25, 0.3) is 10.9 Å². The lowest BCUT2D eigenvalue weighted by molar-refractivity contribution is -0.144. The summed E-state index contributed by atoms with van der Waals surface area (Å²) >= 11 is 0. The minimum absolute atomic E-state index is 0.0253. The number of fused-ring (bicyclic) bond motifs is 1. The maximum absolute atomic E-state index is 13.5. The zero-order valence-electron chi connectivity index (χ0n) is 31.4.